The normalized spacial score (nSPS) is 22.2. The molecule has 22 nitrogen and oxygen atoms in total. The number of hydrogen-bond donors (Lipinski definition) is 4. The van der Waals surface area contributed by atoms with E-state index in [1.807, 2.05) is 157 Å². The molecule has 0 radical (unpaired) electrons. The molecule has 0 saturated carbocycles. The van der Waals surface area contributed by atoms with Crippen LogP contribution in [0.4, 0.5) is 9.59 Å². The summed E-state index contributed by atoms with van der Waals surface area (Å²) in [7, 11) is 1.18. The molecule has 5 saturated heterocycles. The zero-order valence-corrected chi connectivity index (χ0v) is 57.6. The van der Waals surface area contributed by atoms with Crippen LogP contribution in [0.3, 0.4) is 0 Å². The van der Waals surface area contributed by atoms with Crippen LogP contribution in [0, 0.1) is 15.4 Å². The zero-order valence-electron chi connectivity index (χ0n) is 52.3. The number of carbonyl (C=O) groups excluding carboxylic acids is 5. The number of H-pyrrole nitrogens is 2. The first-order valence-corrected chi connectivity index (χ1v) is 29.2. The quantitative estimate of drug-likeness (QED) is 0.128. The van der Waals surface area contributed by atoms with Crippen molar-refractivity contribution in [2.75, 3.05) is 27.3 Å². The van der Waals surface area contributed by atoms with Crippen LogP contribution in [0.25, 0.3) is 22.1 Å². The number of amides is 4. The summed E-state index contributed by atoms with van der Waals surface area (Å²) in [6, 6.07) is 10.4. The first-order chi connectivity index (χ1) is 37.9. The van der Waals surface area contributed by atoms with Gasteiger partial charge in [0.25, 0.3) is 0 Å². The molecule has 0 spiro atoms. The first kappa shape index (κ1) is 70.4. The summed E-state index contributed by atoms with van der Waals surface area (Å²) >= 11 is 2.27. The van der Waals surface area contributed by atoms with Crippen molar-refractivity contribution in [1.29, 1.82) is 0 Å². The number of aliphatic carboxylic acids is 1. The Morgan fingerprint density at radius 1 is 0.614 bits per heavy atom. The molecule has 4 atom stereocenters. The molecule has 450 valence electrons. The van der Waals surface area contributed by atoms with Gasteiger partial charge < -0.3 is 77.7 Å². The number of alkyl carbamates (subject to hydrolysis) is 2. The Hall–Kier alpha value is -3.35. The van der Waals surface area contributed by atoms with Gasteiger partial charge in [-0.3, -0.25) is 9.59 Å². The van der Waals surface area contributed by atoms with Crippen LogP contribution in [0.5, 0.6) is 0 Å². The predicted octanol–water partition coefficient (Wildman–Crippen LogP) is 4.13. The minimum absolute atomic E-state index is 0. The molecule has 5 fully saturated rings. The number of carbonyl (C=O) groups is 5. The van der Waals surface area contributed by atoms with Gasteiger partial charge in [-0.15, -0.1) is 0 Å². The van der Waals surface area contributed by atoms with Crippen molar-refractivity contribution in [2.24, 2.45) is 11.8 Å². The molecule has 5 aliphatic rings. The third-order valence-corrected chi connectivity index (χ3v) is 17.4. The Kier molecular flexibility index (Phi) is 23.6. The molecule has 0 unspecified atom stereocenters. The SMILES string of the molecule is CC(=O)[O-].CC1(C)OB(B2OC(C)(C)C(C)(C)O2)OC1(C)C.COC(=O)N[C@@H](C(=O)N1CCC[C@H]1c1nc2ccc(I)cc2[nH]1)C(C)C.COC(=O)N[C@H](C(=O)N1CCC[C@H]1c1nc2ccc(B3OC(C)(C)C(C)(C)O3)cc2[nH]1)C(C)C.[K+]. The Balaban J connectivity index is 0.000000229. The number of nitrogens with zero attached hydrogens (tertiary/aromatic N) is 4. The van der Waals surface area contributed by atoms with E-state index in [1.54, 1.807) is 0 Å². The van der Waals surface area contributed by atoms with Crippen molar-refractivity contribution < 1.29 is 118 Å². The second kappa shape index (κ2) is 27.8. The van der Waals surface area contributed by atoms with Crippen molar-refractivity contribution >= 4 is 101 Å². The van der Waals surface area contributed by atoms with Gasteiger partial charge in [-0.1, -0.05) is 33.8 Å². The number of benzene rings is 2. The first-order valence-electron chi connectivity index (χ1n) is 28.1. The average Bonchev–Trinajstić information content (AvgIpc) is 3.46. The molecular formula is C56H85B3IKN8O14. The second-order valence-electron chi connectivity index (χ2n) is 25.1. The van der Waals surface area contributed by atoms with E-state index in [0.29, 0.717) is 13.1 Å². The number of nitrogens with one attached hydrogen (secondary N) is 4. The van der Waals surface area contributed by atoms with Crippen molar-refractivity contribution in [1.82, 2.24) is 40.4 Å². The van der Waals surface area contributed by atoms with Gasteiger partial charge in [-0.25, -0.2) is 19.6 Å². The molecule has 83 heavy (non-hydrogen) atoms. The molecule has 0 aliphatic carbocycles. The maximum atomic E-state index is 13.4. The van der Waals surface area contributed by atoms with Crippen molar-refractivity contribution in [2.45, 2.75) is 201 Å². The number of hydrogen-bond acceptors (Lipinski definition) is 16. The predicted molar refractivity (Wildman–Crippen MR) is 319 cm³/mol. The fraction of sp³-hybridized carbons (Fsp3) is 0.661. The number of fused-ring (bicyclic) bond motifs is 2. The van der Waals surface area contributed by atoms with Crippen LogP contribution in [-0.2, 0) is 51.8 Å². The fourth-order valence-corrected chi connectivity index (χ4v) is 10.4. The fourth-order valence-electron chi connectivity index (χ4n) is 9.88. The molecule has 9 rings (SSSR count). The Morgan fingerprint density at radius 2 is 0.952 bits per heavy atom. The number of carboxylic acids is 1. The number of ether oxygens (including phenoxy) is 2. The van der Waals surface area contributed by atoms with E-state index in [9.17, 15) is 19.2 Å². The van der Waals surface area contributed by atoms with E-state index in [2.05, 4.69) is 52.9 Å². The molecule has 4 amide bonds. The molecule has 2 aromatic heterocycles. The van der Waals surface area contributed by atoms with Gasteiger partial charge in [0.05, 0.1) is 82.0 Å². The molecule has 5 aliphatic heterocycles. The zero-order chi connectivity index (χ0) is 61.2. The van der Waals surface area contributed by atoms with Gasteiger partial charge in [0.1, 0.15) is 23.7 Å². The van der Waals surface area contributed by atoms with Gasteiger partial charge >= 0.3 is 84.7 Å². The van der Waals surface area contributed by atoms with Crippen molar-refractivity contribution in [3.63, 3.8) is 0 Å². The molecule has 0 bridgehead atoms. The summed E-state index contributed by atoms with van der Waals surface area (Å²) < 4.78 is 46.7. The average molecular weight is 1290 g/mol. The number of halogens is 1. The van der Waals surface area contributed by atoms with Crippen molar-refractivity contribution in [3.05, 3.63) is 51.6 Å². The molecule has 7 heterocycles. The van der Waals surface area contributed by atoms with Crippen LogP contribution in [0.1, 0.15) is 167 Å². The summed E-state index contributed by atoms with van der Waals surface area (Å²) in [5.41, 5.74) is 2.21. The van der Waals surface area contributed by atoms with E-state index in [0.717, 1.165) is 75.4 Å². The molecule has 2 aromatic carbocycles. The summed E-state index contributed by atoms with van der Waals surface area (Å²) in [6.07, 6.45) is 2.24. The monoisotopic (exact) mass is 1290 g/mol. The molecule has 4 N–H and O–H groups in total. The molecule has 27 heteroatoms. The van der Waals surface area contributed by atoms with Gasteiger partial charge in [0.2, 0.25) is 11.8 Å². The van der Waals surface area contributed by atoms with Gasteiger partial charge in [0, 0.05) is 22.6 Å². The largest absolute Gasteiger partial charge is 1.00 e. The van der Waals surface area contributed by atoms with Crippen LogP contribution >= 0.6 is 22.6 Å². The summed E-state index contributed by atoms with van der Waals surface area (Å²) in [5.74, 6) is 0.121. The third-order valence-electron chi connectivity index (χ3n) is 16.8. The van der Waals surface area contributed by atoms with E-state index < -0.39 is 62.6 Å². The summed E-state index contributed by atoms with van der Waals surface area (Å²) in [4.78, 5) is 78.7. The minimum Gasteiger partial charge on any atom is -0.550 e. The maximum absolute atomic E-state index is 13.4. The standard InChI is InChI=1S/C24H35BN4O5.C18H23IN4O3.C12H24B2O4.C2H4O2.K/c1-14(2)19(28-22(31)32-7)21(30)29-12-8-9-18(29)20-26-16-11-10-15(13-17(16)27-20)25-33-23(3,4)24(5,6)34-25;1-10(2)15(22-18(25)26-3)17(24)23-8-4-5-14(23)16-20-12-7-6-11(19)9-13(12)21-16;1-9(2)10(3,4)16-13(15-9)14-17-11(5,6)12(7,8)18-14;1-2(3)4;/h10-11,13-14,18-19H,8-9,12H2,1-7H3,(H,26,27)(H,28,31);6-7,9-10,14-15H,4-5,8H2,1-3H3,(H,20,21)(H,22,25);1-8H3;1H3,(H,3,4);/q;;;;+1/p-1/t18-,19-;14-,15+;;;/m00.../s1. The Bertz CT molecular complexity index is 2850. The Morgan fingerprint density at radius 3 is 1.30 bits per heavy atom. The maximum Gasteiger partial charge on any atom is 1.00 e. The van der Waals surface area contributed by atoms with Gasteiger partial charge in [0.15, 0.2) is 0 Å². The number of aromatic amines is 2. The van der Waals surface area contributed by atoms with Gasteiger partial charge in [-0.05, 0) is 186 Å². The second-order valence-corrected chi connectivity index (χ2v) is 26.4. The molecule has 4 aromatic rings. The topological polar surface area (TPSA) is 270 Å². The van der Waals surface area contributed by atoms with Crippen LogP contribution in [0.2, 0.25) is 0 Å². The van der Waals surface area contributed by atoms with E-state index in [-0.39, 0.29) is 110 Å². The van der Waals surface area contributed by atoms with Crippen LogP contribution in [-0.4, -0.2) is 154 Å². The number of rotatable bonds is 10. The summed E-state index contributed by atoms with van der Waals surface area (Å²) in [5, 5.41) is 14.2. The summed E-state index contributed by atoms with van der Waals surface area (Å²) in [6.45, 7) is 34.2. The number of aromatic nitrogens is 4. The minimum atomic E-state index is -1.08. The number of carboxylic acid groups (broad SMARTS) is 1. The van der Waals surface area contributed by atoms with Crippen molar-refractivity contribution in [3.8, 4) is 0 Å². The molecular weight excluding hydrogens is 1210 g/mol. The number of methoxy groups -OCH3 is 2. The number of likely N-dealkylation sites (tertiary alicyclic amines) is 2. The third kappa shape index (κ3) is 16.4. The number of imidazole rings is 2. The van der Waals surface area contributed by atoms with Gasteiger partial charge in [-0.2, -0.15) is 0 Å². The van der Waals surface area contributed by atoms with E-state index in [4.69, 9.17) is 47.5 Å². The van der Waals surface area contributed by atoms with Crippen LogP contribution < -0.4 is 72.6 Å². The van der Waals surface area contributed by atoms with Crippen LogP contribution in [0.15, 0.2) is 36.4 Å². The smallest absolute Gasteiger partial charge is 0.550 e. The van der Waals surface area contributed by atoms with E-state index >= 15 is 0 Å². The van der Waals surface area contributed by atoms with E-state index in [1.165, 1.54) is 14.2 Å². The Labute approximate surface area is 546 Å².